The van der Waals surface area contributed by atoms with E-state index in [-0.39, 0.29) is 17.3 Å². The Labute approximate surface area is 115 Å². The highest BCUT2D eigenvalue weighted by molar-refractivity contribution is 5.80. The molecule has 2 heteroatoms. The van der Waals surface area contributed by atoms with Crippen LogP contribution in [-0.4, -0.2) is 12.6 Å². The number of rotatable bonds is 3. The highest BCUT2D eigenvalue weighted by Gasteiger charge is 2.68. The second-order valence-corrected chi connectivity index (χ2v) is 5.91. The molecule has 0 heterocycles. The van der Waals surface area contributed by atoms with Crippen molar-refractivity contribution in [2.45, 2.75) is 44.9 Å². The van der Waals surface area contributed by atoms with Crippen LogP contribution in [0.3, 0.4) is 0 Å². The molecule has 1 aromatic rings. The van der Waals surface area contributed by atoms with Gasteiger partial charge in [-0.15, -0.1) is 0 Å². The summed E-state index contributed by atoms with van der Waals surface area (Å²) < 4.78 is 5.31. The Hall–Kier alpha value is -1.31. The van der Waals surface area contributed by atoms with Gasteiger partial charge in [-0.05, 0) is 30.7 Å². The molecule has 0 radical (unpaired) electrons. The van der Waals surface area contributed by atoms with Gasteiger partial charge in [0, 0.05) is 5.92 Å². The number of carbonyl (C=O) groups excluding carboxylic acids is 1. The van der Waals surface area contributed by atoms with E-state index in [4.69, 9.17) is 4.74 Å². The third-order valence-electron chi connectivity index (χ3n) is 4.95. The average Bonchev–Trinajstić information content (AvgIpc) is 3.08. The van der Waals surface area contributed by atoms with Crippen molar-refractivity contribution >= 4 is 5.97 Å². The molecular formula is C17H22O2. The van der Waals surface area contributed by atoms with E-state index < -0.39 is 0 Å². The van der Waals surface area contributed by atoms with E-state index in [1.54, 1.807) is 0 Å². The van der Waals surface area contributed by atoms with Gasteiger partial charge in [0.2, 0.25) is 0 Å². The molecule has 0 amide bonds. The minimum atomic E-state index is 0.0262. The van der Waals surface area contributed by atoms with Gasteiger partial charge in [0.1, 0.15) is 0 Å². The summed E-state index contributed by atoms with van der Waals surface area (Å²) in [5.74, 6) is 0.529. The van der Waals surface area contributed by atoms with Crippen molar-refractivity contribution in [3.63, 3.8) is 0 Å². The first-order valence-corrected chi connectivity index (χ1v) is 7.51. The second kappa shape index (κ2) is 4.99. The van der Waals surface area contributed by atoms with E-state index >= 15 is 0 Å². The molecule has 0 aliphatic heterocycles. The average molecular weight is 258 g/mol. The van der Waals surface area contributed by atoms with Crippen LogP contribution in [0, 0.1) is 11.3 Å². The summed E-state index contributed by atoms with van der Waals surface area (Å²) in [6, 6.07) is 10.5. The molecule has 3 rings (SSSR count). The van der Waals surface area contributed by atoms with Gasteiger partial charge in [-0.3, -0.25) is 4.79 Å². The molecule has 2 fully saturated rings. The summed E-state index contributed by atoms with van der Waals surface area (Å²) in [4.78, 5) is 12.2. The van der Waals surface area contributed by atoms with Crippen molar-refractivity contribution in [2.75, 3.05) is 6.61 Å². The molecule has 0 saturated heterocycles. The molecule has 2 atom stereocenters. The van der Waals surface area contributed by atoms with E-state index in [2.05, 4.69) is 24.3 Å². The first-order valence-electron chi connectivity index (χ1n) is 7.51. The molecule has 1 aromatic carbocycles. The fraction of sp³-hybridized carbons (Fsp3) is 0.588. The fourth-order valence-corrected chi connectivity index (χ4v) is 4.11. The molecule has 0 aromatic heterocycles. The SMILES string of the molecule is CCOC(=O)[C@@H]1[C@@H](c2ccccc2)C12CCCCC2. The lowest BCUT2D eigenvalue weighted by Gasteiger charge is -2.23. The van der Waals surface area contributed by atoms with Crippen LogP contribution in [0.2, 0.25) is 0 Å². The second-order valence-electron chi connectivity index (χ2n) is 5.91. The van der Waals surface area contributed by atoms with E-state index in [0.29, 0.717) is 12.5 Å². The zero-order valence-corrected chi connectivity index (χ0v) is 11.6. The van der Waals surface area contributed by atoms with Crippen LogP contribution in [0.1, 0.15) is 50.5 Å². The number of hydrogen-bond donors (Lipinski definition) is 0. The predicted octanol–water partition coefficient (Wildman–Crippen LogP) is 3.91. The Balaban J connectivity index is 1.86. The maximum Gasteiger partial charge on any atom is 0.310 e. The number of ether oxygens (including phenoxy) is 1. The van der Waals surface area contributed by atoms with Gasteiger partial charge < -0.3 is 4.74 Å². The highest BCUT2D eigenvalue weighted by Crippen LogP contribution is 2.71. The summed E-state index contributed by atoms with van der Waals surface area (Å²) >= 11 is 0. The first-order chi connectivity index (χ1) is 9.29. The molecule has 0 bridgehead atoms. The monoisotopic (exact) mass is 258 g/mol. The van der Waals surface area contributed by atoms with Crippen molar-refractivity contribution in [2.24, 2.45) is 11.3 Å². The van der Waals surface area contributed by atoms with Crippen LogP contribution >= 0.6 is 0 Å². The molecular weight excluding hydrogens is 236 g/mol. The van der Waals surface area contributed by atoms with Crippen LogP contribution in [0.4, 0.5) is 0 Å². The molecule has 0 unspecified atom stereocenters. The van der Waals surface area contributed by atoms with Crippen LogP contribution < -0.4 is 0 Å². The lowest BCUT2D eigenvalue weighted by molar-refractivity contribution is -0.145. The van der Waals surface area contributed by atoms with Crippen molar-refractivity contribution < 1.29 is 9.53 Å². The quantitative estimate of drug-likeness (QED) is 0.768. The zero-order valence-electron chi connectivity index (χ0n) is 11.6. The minimum Gasteiger partial charge on any atom is -0.466 e. The molecule has 2 aliphatic rings. The zero-order chi connectivity index (χ0) is 13.3. The van der Waals surface area contributed by atoms with Crippen LogP contribution in [0.15, 0.2) is 30.3 Å². The standard InChI is InChI=1S/C17H22O2/c1-2-19-16(18)15-14(13-9-5-3-6-10-13)17(15)11-7-4-8-12-17/h3,5-6,9-10,14-15H,2,4,7-8,11-12H2,1H3/t14-,15+/m1/s1. The Morgan fingerprint density at radius 1 is 1.21 bits per heavy atom. The van der Waals surface area contributed by atoms with Crippen LogP contribution in [0.5, 0.6) is 0 Å². The topological polar surface area (TPSA) is 26.3 Å². The maximum absolute atomic E-state index is 12.2. The Morgan fingerprint density at radius 3 is 2.53 bits per heavy atom. The van der Waals surface area contributed by atoms with Crippen molar-refractivity contribution in [1.82, 2.24) is 0 Å². The molecule has 1 spiro atoms. The molecule has 2 saturated carbocycles. The van der Waals surface area contributed by atoms with E-state index in [0.717, 1.165) is 0 Å². The summed E-state index contributed by atoms with van der Waals surface area (Å²) in [7, 11) is 0. The summed E-state index contributed by atoms with van der Waals surface area (Å²) in [6.45, 7) is 2.39. The molecule has 102 valence electrons. The Kier molecular flexibility index (Phi) is 3.34. The van der Waals surface area contributed by atoms with Crippen LogP contribution in [0.25, 0.3) is 0 Å². The fourth-order valence-electron chi connectivity index (χ4n) is 4.11. The van der Waals surface area contributed by atoms with Crippen LogP contribution in [-0.2, 0) is 9.53 Å². The number of hydrogen-bond acceptors (Lipinski definition) is 2. The van der Waals surface area contributed by atoms with Crippen molar-refractivity contribution in [1.29, 1.82) is 0 Å². The normalized spacial score (nSPS) is 28.1. The first kappa shape index (κ1) is 12.7. The molecule has 19 heavy (non-hydrogen) atoms. The minimum absolute atomic E-state index is 0.0262. The number of benzene rings is 1. The van der Waals surface area contributed by atoms with E-state index in [1.807, 2.05) is 13.0 Å². The summed E-state index contributed by atoms with van der Waals surface area (Å²) in [5.41, 5.74) is 1.54. The maximum atomic E-state index is 12.2. The lowest BCUT2D eigenvalue weighted by atomic mass is 9.82. The Morgan fingerprint density at radius 2 is 1.89 bits per heavy atom. The third kappa shape index (κ3) is 2.07. The third-order valence-corrected chi connectivity index (χ3v) is 4.95. The summed E-state index contributed by atoms with van der Waals surface area (Å²) in [5, 5.41) is 0. The van der Waals surface area contributed by atoms with E-state index in [9.17, 15) is 4.79 Å². The molecule has 0 N–H and O–H groups in total. The highest BCUT2D eigenvalue weighted by atomic mass is 16.5. The van der Waals surface area contributed by atoms with Gasteiger partial charge in [0.15, 0.2) is 0 Å². The van der Waals surface area contributed by atoms with Gasteiger partial charge in [-0.1, -0.05) is 49.6 Å². The summed E-state index contributed by atoms with van der Waals surface area (Å²) in [6.07, 6.45) is 6.23. The lowest BCUT2D eigenvalue weighted by Crippen LogP contribution is -2.16. The Bertz CT molecular complexity index is 446. The largest absolute Gasteiger partial charge is 0.466 e. The predicted molar refractivity (Wildman–Crippen MR) is 74.8 cm³/mol. The molecule has 2 aliphatic carbocycles. The number of esters is 1. The van der Waals surface area contributed by atoms with E-state index in [1.165, 1.54) is 37.7 Å². The van der Waals surface area contributed by atoms with Gasteiger partial charge >= 0.3 is 5.97 Å². The molecule has 2 nitrogen and oxygen atoms in total. The van der Waals surface area contributed by atoms with Crippen molar-refractivity contribution in [3.05, 3.63) is 35.9 Å². The smallest absolute Gasteiger partial charge is 0.310 e. The van der Waals surface area contributed by atoms with Gasteiger partial charge in [0.05, 0.1) is 12.5 Å². The van der Waals surface area contributed by atoms with Gasteiger partial charge in [-0.25, -0.2) is 0 Å². The van der Waals surface area contributed by atoms with Gasteiger partial charge in [0.25, 0.3) is 0 Å². The van der Waals surface area contributed by atoms with Crippen molar-refractivity contribution in [3.8, 4) is 0 Å². The van der Waals surface area contributed by atoms with Gasteiger partial charge in [-0.2, -0.15) is 0 Å². The number of carbonyl (C=O) groups is 1.